The van der Waals surface area contributed by atoms with Crippen LogP contribution < -0.4 is 0 Å². The number of fused-ring (bicyclic) bond motifs is 4. The first-order chi connectivity index (χ1) is 23.3. The molecule has 0 bridgehead atoms. The number of hydrogen-bond donors (Lipinski definition) is 0. The predicted octanol–water partition coefficient (Wildman–Crippen LogP) is 10.8. The van der Waals surface area contributed by atoms with E-state index < -0.39 is 0 Å². The maximum absolute atomic E-state index is 5.07. The van der Waals surface area contributed by atoms with Crippen molar-refractivity contribution >= 4 is 32.6 Å². The molecule has 4 heteroatoms. The van der Waals surface area contributed by atoms with Crippen LogP contribution in [-0.4, -0.2) is 19.5 Å². The largest absolute Gasteiger partial charge is 0.308 e. The van der Waals surface area contributed by atoms with E-state index in [9.17, 15) is 0 Å². The average Bonchev–Trinajstić information content (AvgIpc) is 3.50. The molecule has 0 aliphatic carbocycles. The van der Waals surface area contributed by atoms with Gasteiger partial charge in [-0.1, -0.05) is 152 Å². The van der Waals surface area contributed by atoms with E-state index in [1.54, 1.807) is 0 Å². The van der Waals surface area contributed by atoms with E-state index in [2.05, 4.69) is 114 Å². The molecule has 0 saturated carbocycles. The van der Waals surface area contributed by atoms with E-state index in [1.807, 2.05) is 60.7 Å². The average molecular weight is 601 g/mol. The van der Waals surface area contributed by atoms with Gasteiger partial charge in [-0.15, -0.1) is 0 Å². The van der Waals surface area contributed by atoms with Gasteiger partial charge < -0.3 is 4.57 Å². The van der Waals surface area contributed by atoms with Gasteiger partial charge in [-0.25, -0.2) is 15.0 Å². The summed E-state index contributed by atoms with van der Waals surface area (Å²) in [4.78, 5) is 15.1. The van der Waals surface area contributed by atoms with Crippen molar-refractivity contribution in [1.29, 1.82) is 0 Å². The fourth-order valence-corrected chi connectivity index (χ4v) is 6.72. The molecule has 220 valence electrons. The minimum absolute atomic E-state index is 0.646. The summed E-state index contributed by atoms with van der Waals surface area (Å²) in [5.41, 5.74) is 8.73. The van der Waals surface area contributed by atoms with Crippen LogP contribution in [0.2, 0.25) is 0 Å². The van der Waals surface area contributed by atoms with Crippen LogP contribution in [0.4, 0.5) is 0 Å². The lowest BCUT2D eigenvalue weighted by Gasteiger charge is -2.16. The SMILES string of the molecule is c1ccc(-c2nc(-c3ccccc3)nc(-c3ccc(-n4c5ccccc5c5cccc(-c6ccccc6)c54)c4ccccc34)n2)cc1. The summed E-state index contributed by atoms with van der Waals surface area (Å²) in [6.07, 6.45) is 0. The van der Waals surface area contributed by atoms with Crippen LogP contribution in [0.5, 0.6) is 0 Å². The van der Waals surface area contributed by atoms with Crippen molar-refractivity contribution < 1.29 is 0 Å². The highest BCUT2D eigenvalue weighted by Crippen LogP contribution is 2.41. The zero-order chi connectivity index (χ0) is 31.2. The van der Waals surface area contributed by atoms with E-state index in [1.165, 1.54) is 32.9 Å². The van der Waals surface area contributed by atoms with Gasteiger partial charge in [0, 0.05) is 38.4 Å². The molecule has 0 unspecified atom stereocenters. The summed E-state index contributed by atoms with van der Waals surface area (Å²) >= 11 is 0. The van der Waals surface area contributed by atoms with Gasteiger partial charge in [0.25, 0.3) is 0 Å². The quantitative estimate of drug-likeness (QED) is 0.197. The van der Waals surface area contributed by atoms with Crippen LogP contribution in [0.1, 0.15) is 0 Å². The summed E-state index contributed by atoms with van der Waals surface area (Å²) in [6, 6.07) is 59.2. The van der Waals surface area contributed by atoms with Crippen LogP contribution in [0, 0.1) is 0 Å². The minimum atomic E-state index is 0.646. The van der Waals surface area contributed by atoms with Gasteiger partial charge >= 0.3 is 0 Å². The molecule has 0 aliphatic heterocycles. The second kappa shape index (κ2) is 11.2. The molecule has 47 heavy (non-hydrogen) atoms. The molecule has 2 aromatic heterocycles. The fraction of sp³-hybridized carbons (Fsp3) is 0. The molecule has 0 N–H and O–H groups in total. The molecule has 7 aromatic carbocycles. The van der Waals surface area contributed by atoms with Crippen molar-refractivity contribution in [2.24, 2.45) is 0 Å². The minimum Gasteiger partial charge on any atom is -0.308 e. The second-order valence-corrected chi connectivity index (χ2v) is 11.6. The van der Waals surface area contributed by atoms with Crippen molar-refractivity contribution in [2.45, 2.75) is 0 Å². The molecular formula is C43H28N4. The Labute approximate surface area is 272 Å². The van der Waals surface area contributed by atoms with Crippen molar-refractivity contribution in [3.8, 4) is 51.0 Å². The molecule has 0 fully saturated rings. The standard InChI is InChI=1S/C43H28N4/c1-4-15-29(16-5-1)32-24-14-25-36-35-23-12-13-26-38(35)47(40(32)36)39-28-27-37(33-21-10-11-22-34(33)39)43-45-41(30-17-6-2-7-18-30)44-42(46-43)31-19-8-3-9-20-31/h1-28H. The first-order valence-corrected chi connectivity index (χ1v) is 15.8. The van der Waals surface area contributed by atoms with Crippen LogP contribution in [-0.2, 0) is 0 Å². The number of aromatic nitrogens is 4. The lowest BCUT2D eigenvalue weighted by Crippen LogP contribution is -2.02. The smallest absolute Gasteiger partial charge is 0.164 e. The van der Waals surface area contributed by atoms with Crippen LogP contribution >= 0.6 is 0 Å². The van der Waals surface area contributed by atoms with Gasteiger partial charge in [-0.05, 0) is 29.1 Å². The third-order valence-electron chi connectivity index (χ3n) is 8.86. The summed E-state index contributed by atoms with van der Waals surface area (Å²) in [6.45, 7) is 0. The molecule has 0 atom stereocenters. The Hall–Kier alpha value is -6.39. The number of nitrogens with zero attached hydrogens (tertiary/aromatic N) is 4. The topological polar surface area (TPSA) is 43.6 Å². The van der Waals surface area contributed by atoms with Gasteiger partial charge in [0.05, 0.1) is 16.7 Å². The predicted molar refractivity (Wildman–Crippen MR) is 193 cm³/mol. The highest BCUT2D eigenvalue weighted by Gasteiger charge is 2.20. The van der Waals surface area contributed by atoms with E-state index >= 15 is 0 Å². The van der Waals surface area contributed by atoms with Crippen molar-refractivity contribution in [2.75, 3.05) is 0 Å². The molecule has 0 spiro atoms. The Morgan fingerprint density at radius 3 is 1.49 bits per heavy atom. The van der Waals surface area contributed by atoms with Crippen molar-refractivity contribution in [1.82, 2.24) is 19.5 Å². The highest BCUT2D eigenvalue weighted by molar-refractivity contribution is 6.15. The number of benzene rings is 7. The Kier molecular flexibility index (Phi) is 6.43. The second-order valence-electron chi connectivity index (χ2n) is 11.6. The van der Waals surface area contributed by atoms with Gasteiger partial charge in [-0.3, -0.25) is 0 Å². The maximum atomic E-state index is 5.07. The zero-order valence-corrected chi connectivity index (χ0v) is 25.5. The lowest BCUT2D eigenvalue weighted by atomic mass is 10.0. The Morgan fingerprint density at radius 1 is 0.319 bits per heavy atom. The molecular weight excluding hydrogens is 573 g/mol. The van der Waals surface area contributed by atoms with Gasteiger partial charge in [0.2, 0.25) is 0 Å². The molecule has 0 aliphatic rings. The number of para-hydroxylation sites is 2. The van der Waals surface area contributed by atoms with Gasteiger partial charge in [0.15, 0.2) is 17.5 Å². The summed E-state index contributed by atoms with van der Waals surface area (Å²) in [5.74, 6) is 1.95. The number of hydrogen-bond acceptors (Lipinski definition) is 3. The van der Waals surface area contributed by atoms with E-state index in [0.29, 0.717) is 17.5 Å². The highest BCUT2D eigenvalue weighted by atomic mass is 15.0. The van der Waals surface area contributed by atoms with Crippen LogP contribution in [0.25, 0.3) is 83.6 Å². The Balaban J connectivity index is 1.32. The molecule has 0 radical (unpaired) electrons. The van der Waals surface area contributed by atoms with Crippen molar-refractivity contribution in [3.05, 3.63) is 170 Å². The monoisotopic (exact) mass is 600 g/mol. The molecule has 0 saturated heterocycles. The molecule has 9 aromatic rings. The maximum Gasteiger partial charge on any atom is 0.164 e. The van der Waals surface area contributed by atoms with Gasteiger partial charge in [-0.2, -0.15) is 0 Å². The Morgan fingerprint density at radius 2 is 0.830 bits per heavy atom. The fourth-order valence-electron chi connectivity index (χ4n) is 6.72. The van der Waals surface area contributed by atoms with E-state index in [0.717, 1.165) is 33.2 Å². The Bertz CT molecular complexity index is 2500. The molecule has 0 amide bonds. The summed E-state index contributed by atoms with van der Waals surface area (Å²) < 4.78 is 2.43. The third kappa shape index (κ3) is 4.58. The molecule has 2 heterocycles. The van der Waals surface area contributed by atoms with Crippen LogP contribution in [0.3, 0.4) is 0 Å². The third-order valence-corrected chi connectivity index (χ3v) is 8.86. The first-order valence-electron chi connectivity index (χ1n) is 15.8. The summed E-state index contributed by atoms with van der Waals surface area (Å²) in [7, 11) is 0. The summed E-state index contributed by atoms with van der Waals surface area (Å²) in [5, 5.41) is 4.66. The van der Waals surface area contributed by atoms with Crippen LogP contribution in [0.15, 0.2) is 170 Å². The van der Waals surface area contributed by atoms with Crippen molar-refractivity contribution in [3.63, 3.8) is 0 Å². The first kappa shape index (κ1) is 27.0. The molecule has 9 rings (SSSR count). The van der Waals surface area contributed by atoms with E-state index in [4.69, 9.17) is 15.0 Å². The van der Waals surface area contributed by atoms with E-state index in [-0.39, 0.29) is 0 Å². The normalized spacial score (nSPS) is 11.4. The van der Waals surface area contributed by atoms with Gasteiger partial charge in [0.1, 0.15) is 0 Å². The molecule has 4 nitrogen and oxygen atoms in total. The zero-order valence-electron chi connectivity index (χ0n) is 25.5. The lowest BCUT2D eigenvalue weighted by molar-refractivity contribution is 1.08. The number of rotatable bonds is 5.